The number of alkyl halides is 1. The maximum Gasteiger partial charge on any atom is 0.142 e. The van der Waals surface area contributed by atoms with E-state index in [4.69, 9.17) is 11.6 Å². The summed E-state index contributed by atoms with van der Waals surface area (Å²) in [6.07, 6.45) is 5.49. The largest absolute Gasteiger partial charge is 0.346 e. The molecule has 0 radical (unpaired) electrons. The lowest BCUT2D eigenvalue weighted by Crippen LogP contribution is -1.86. The standard InChI is InChI=1S/C9H9BrClN3/c10-3-1-2-6-4-12-9-7(6)8(11)13-5-14-9/h4-5H,1-3H2,(H,12,13,14). The summed E-state index contributed by atoms with van der Waals surface area (Å²) in [5.41, 5.74) is 2.00. The van der Waals surface area contributed by atoms with Crippen LogP contribution in [0.5, 0.6) is 0 Å². The molecular formula is C9H9BrClN3. The molecule has 2 rings (SSSR count). The van der Waals surface area contributed by atoms with E-state index in [9.17, 15) is 0 Å². The summed E-state index contributed by atoms with van der Waals surface area (Å²) in [5.74, 6) is 0. The predicted molar refractivity (Wildman–Crippen MR) is 61.0 cm³/mol. The molecule has 5 heteroatoms. The summed E-state index contributed by atoms with van der Waals surface area (Å²) in [6.45, 7) is 0. The number of aromatic nitrogens is 3. The van der Waals surface area contributed by atoms with Crippen molar-refractivity contribution >= 4 is 38.6 Å². The molecular weight excluding hydrogens is 265 g/mol. The summed E-state index contributed by atoms with van der Waals surface area (Å²) in [7, 11) is 0. The molecule has 0 spiro atoms. The van der Waals surface area contributed by atoms with Crippen LogP contribution in [0.3, 0.4) is 0 Å². The minimum atomic E-state index is 0.529. The average molecular weight is 275 g/mol. The van der Waals surface area contributed by atoms with Gasteiger partial charge >= 0.3 is 0 Å². The molecule has 0 unspecified atom stereocenters. The SMILES string of the molecule is Clc1ncnc2[nH]cc(CCCBr)c12. The summed E-state index contributed by atoms with van der Waals surface area (Å²) < 4.78 is 0. The van der Waals surface area contributed by atoms with Crippen LogP contribution in [0.25, 0.3) is 11.0 Å². The number of H-pyrrole nitrogens is 1. The van der Waals surface area contributed by atoms with E-state index in [1.54, 1.807) is 0 Å². The van der Waals surface area contributed by atoms with Gasteiger partial charge in [0.1, 0.15) is 17.1 Å². The third-order valence-corrected chi connectivity index (χ3v) is 2.93. The third kappa shape index (κ3) is 1.77. The van der Waals surface area contributed by atoms with Gasteiger partial charge in [-0.3, -0.25) is 0 Å². The molecule has 0 amide bonds. The topological polar surface area (TPSA) is 41.6 Å². The zero-order valence-electron chi connectivity index (χ0n) is 7.43. The number of rotatable bonds is 3. The zero-order chi connectivity index (χ0) is 9.97. The molecule has 2 aromatic heterocycles. The lowest BCUT2D eigenvalue weighted by atomic mass is 10.1. The lowest BCUT2D eigenvalue weighted by molar-refractivity contribution is 0.946. The number of hydrogen-bond acceptors (Lipinski definition) is 2. The summed E-state index contributed by atoms with van der Waals surface area (Å²) in [6, 6.07) is 0. The molecule has 0 saturated carbocycles. The number of aryl methyl sites for hydroxylation is 1. The fourth-order valence-electron chi connectivity index (χ4n) is 1.44. The van der Waals surface area contributed by atoms with Gasteiger partial charge in [0.05, 0.1) is 5.39 Å². The van der Waals surface area contributed by atoms with Crippen molar-refractivity contribution in [2.45, 2.75) is 12.8 Å². The quantitative estimate of drug-likeness (QED) is 0.691. The van der Waals surface area contributed by atoms with Crippen LogP contribution in [-0.2, 0) is 6.42 Å². The Hall–Kier alpha value is -0.610. The first-order valence-electron chi connectivity index (χ1n) is 4.35. The Kier molecular flexibility index (Phi) is 3.03. The van der Waals surface area contributed by atoms with Crippen LogP contribution in [0.1, 0.15) is 12.0 Å². The Morgan fingerprint density at radius 3 is 3.07 bits per heavy atom. The molecule has 2 aromatic rings. The second-order valence-corrected chi connectivity index (χ2v) is 4.15. The third-order valence-electron chi connectivity index (χ3n) is 2.08. The van der Waals surface area contributed by atoms with Gasteiger partial charge in [0.25, 0.3) is 0 Å². The van der Waals surface area contributed by atoms with Gasteiger partial charge in [-0.2, -0.15) is 0 Å². The molecule has 1 N–H and O–H groups in total. The summed E-state index contributed by atoms with van der Waals surface area (Å²) in [4.78, 5) is 11.2. The second-order valence-electron chi connectivity index (χ2n) is 2.99. The number of halogens is 2. The fraction of sp³-hybridized carbons (Fsp3) is 0.333. The highest BCUT2D eigenvalue weighted by Crippen LogP contribution is 2.23. The van der Waals surface area contributed by atoms with E-state index in [0.29, 0.717) is 5.15 Å². The number of nitrogens with zero attached hydrogens (tertiary/aromatic N) is 2. The van der Waals surface area contributed by atoms with Crippen LogP contribution in [0.15, 0.2) is 12.5 Å². The Morgan fingerprint density at radius 1 is 1.43 bits per heavy atom. The van der Waals surface area contributed by atoms with Crippen LogP contribution >= 0.6 is 27.5 Å². The van der Waals surface area contributed by atoms with Gasteiger partial charge in [-0.1, -0.05) is 27.5 Å². The van der Waals surface area contributed by atoms with Gasteiger partial charge in [0, 0.05) is 11.5 Å². The van der Waals surface area contributed by atoms with Crippen LogP contribution < -0.4 is 0 Å². The number of nitrogens with one attached hydrogen (secondary N) is 1. The number of hydrogen-bond donors (Lipinski definition) is 1. The molecule has 2 heterocycles. The number of fused-ring (bicyclic) bond motifs is 1. The van der Waals surface area contributed by atoms with Crippen molar-refractivity contribution in [2.24, 2.45) is 0 Å². The van der Waals surface area contributed by atoms with E-state index in [1.165, 1.54) is 11.9 Å². The van der Waals surface area contributed by atoms with Crippen molar-refractivity contribution in [3.05, 3.63) is 23.2 Å². The lowest BCUT2D eigenvalue weighted by Gasteiger charge is -1.97. The Bertz CT molecular complexity index is 441. The highest BCUT2D eigenvalue weighted by Gasteiger charge is 2.08. The van der Waals surface area contributed by atoms with E-state index in [0.717, 1.165) is 29.2 Å². The van der Waals surface area contributed by atoms with Crippen molar-refractivity contribution in [3.63, 3.8) is 0 Å². The summed E-state index contributed by atoms with van der Waals surface area (Å²) in [5, 5.41) is 2.47. The summed E-state index contributed by atoms with van der Waals surface area (Å²) >= 11 is 9.40. The first-order chi connectivity index (χ1) is 6.83. The van der Waals surface area contributed by atoms with Gasteiger partial charge in [0.15, 0.2) is 0 Å². The smallest absolute Gasteiger partial charge is 0.142 e. The van der Waals surface area contributed by atoms with E-state index < -0.39 is 0 Å². The van der Waals surface area contributed by atoms with Gasteiger partial charge in [0.2, 0.25) is 0 Å². The first-order valence-corrected chi connectivity index (χ1v) is 5.85. The predicted octanol–water partition coefficient (Wildman–Crippen LogP) is 2.94. The molecule has 0 aliphatic heterocycles. The molecule has 74 valence electrons. The van der Waals surface area contributed by atoms with Crippen LogP contribution in [0, 0.1) is 0 Å². The zero-order valence-corrected chi connectivity index (χ0v) is 9.77. The van der Waals surface area contributed by atoms with Gasteiger partial charge < -0.3 is 4.98 Å². The van der Waals surface area contributed by atoms with E-state index in [1.807, 2.05) is 6.20 Å². The molecule has 0 aliphatic rings. The van der Waals surface area contributed by atoms with Crippen molar-refractivity contribution < 1.29 is 0 Å². The van der Waals surface area contributed by atoms with Crippen molar-refractivity contribution in [1.82, 2.24) is 15.0 Å². The van der Waals surface area contributed by atoms with Crippen molar-refractivity contribution in [3.8, 4) is 0 Å². The minimum Gasteiger partial charge on any atom is -0.346 e. The minimum absolute atomic E-state index is 0.529. The van der Waals surface area contributed by atoms with Crippen LogP contribution in [0.2, 0.25) is 5.15 Å². The molecule has 0 bridgehead atoms. The Labute approximate surface area is 95.0 Å². The average Bonchev–Trinajstić information content (AvgIpc) is 2.59. The maximum atomic E-state index is 6.00. The highest BCUT2D eigenvalue weighted by atomic mass is 79.9. The molecule has 14 heavy (non-hydrogen) atoms. The fourth-order valence-corrected chi connectivity index (χ4v) is 1.98. The van der Waals surface area contributed by atoms with E-state index in [2.05, 4.69) is 30.9 Å². The van der Waals surface area contributed by atoms with Gasteiger partial charge in [-0.15, -0.1) is 0 Å². The second kappa shape index (κ2) is 4.28. The molecule has 0 saturated heterocycles. The maximum absolute atomic E-state index is 6.00. The van der Waals surface area contributed by atoms with Crippen molar-refractivity contribution in [2.75, 3.05) is 5.33 Å². The molecule has 0 fully saturated rings. The van der Waals surface area contributed by atoms with Crippen LogP contribution in [-0.4, -0.2) is 20.3 Å². The highest BCUT2D eigenvalue weighted by molar-refractivity contribution is 9.09. The molecule has 0 aromatic carbocycles. The monoisotopic (exact) mass is 273 g/mol. The van der Waals surface area contributed by atoms with Gasteiger partial charge in [-0.05, 0) is 18.4 Å². The normalized spacial score (nSPS) is 11.0. The van der Waals surface area contributed by atoms with Gasteiger partial charge in [-0.25, -0.2) is 9.97 Å². The van der Waals surface area contributed by atoms with Crippen molar-refractivity contribution in [1.29, 1.82) is 0 Å². The van der Waals surface area contributed by atoms with E-state index >= 15 is 0 Å². The van der Waals surface area contributed by atoms with Crippen LogP contribution in [0.4, 0.5) is 0 Å². The Balaban J connectivity index is 2.45. The number of aromatic amines is 1. The molecule has 0 atom stereocenters. The molecule has 3 nitrogen and oxygen atoms in total. The van der Waals surface area contributed by atoms with E-state index in [-0.39, 0.29) is 0 Å². The first kappa shape index (κ1) is 9.93. The Morgan fingerprint density at radius 2 is 2.29 bits per heavy atom. The molecule has 0 aliphatic carbocycles.